The third-order valence-electron chi connectivity index (χ3n) is 5.54. The maximum absolute atomic E-state index is 13.0. The first-order valence-corrected chi connectivity index (χ1v) is 10.5. The van der Waals surface area contributed by atoms with Crippen LogP contribution in [0.4, 0.5) is 0 Å². The summed E-state index contributed by atoms with van der Waals surface area (Å²) in [6, 6.07) is 16.1. The van der Waals surface area contributed by atoms with Crippen molar-refractivity contribution in [2.75, 3.05) is 26.2 Å². The molecule has 28 heavy (non-hydrogen) atoms. The van der Waals surface area contributed by atoms with Crippen LogP contribution < -0.4 is 4.90 Å². The minimum absolute atomic E-state index is 0.00716. The second kappa shape index (κ2) is 7.04. The fourth-order valence-corrected chi connectivity index (χ4v) is 4.97. The standard InChI is InChI=1S/C22H21N3O2S/c1-15-16-6-2-4-8-18(16)27-21(15)22(26)25-12-10-24(11-13-25)14-20-23-17-7-3-5-9-19(17)28-20/h2-9H,10-14H2,1H3/p+1. The van der Waals surface area contributed by atoms with E-state index in [1.54, 1.807) is 11.3 Å². The molecule has 1 fully saturated rings. The highest BCUT2D eigenvalue weighted by atomic mass is 32.1. The monoisotopic (exact) mass is 392 g/mol. The number of furan rings is 1. The second-order valence-corrected chi connectivity index (χ2v) is 8.46. The molecule has 0 unspecified atom stereocenters. The number of aromatic nitrogens is 1. The first kappa shape index (κ1) is 17.4. The molecule has 142 valence electrons. The summed E-state index contributed by atoms with van der Waals surface area (Å²) in [6.45, 7) is 6.24. The molecule has 0 atom stereocenters. The Hall–Kier alpha value is -2.70. The molecular formula is C22H22N3O2S+. The molecule has 1 N–H and O–H groups in total. The number of nitrogens with zero attached hydrogens (tertiary/aromatic N) is 2. The average Bonchev–Trinajstić information content (AvgIpc) is 3.29. The Morgan fingerprint density at radius 2 is 1.89 bits per heavy atom. The largest absolute Gasteiger partial charge is 0.451 e. The van der Waals surface area contributed by atoms with Gasteiger partial charge in [0.1, 0.15) is 17.1 Å². The highest BCUT2D eigenvalue weighted by Crippen LogP contribution is 2.26. The van der Waals surface area contributed by atoms with Crippen LogP contribution in [0, 0.1) is 6.92 Å². The Morgan fingerprint density at radius 3 is 2.68 bits per heavy atom. The summed E-state index contributed by atoms with van der Waals surface area (Å²) >= 11 is 1.77. The molecule has 2 aromatic heterocycles. The fourth-order valence-electron chi connectivity index (χ4n) is 3.93. The molecule has 1 amide bonds. The first-order valence-electron chi connectivity index (χ1n) is 9.64. The van der Waals surface area contributed by atoms with E-state index >= 15 is 0 Å². The van der Waals surface area contributed by atoms with Crippen LogP contribution in [-0.2, 0) is 6.54 Å². The Morgan fingerprint density at radius 1 is 1.14 bits per heavy atom. The lowest BCUT2D eigenvalue weighted by atomic mass is 10.1. The van der Waals surface area contributed by atoms with Gasteiger partial charge in [0.05, 0.1) is 36.4 Å². The Kier molecular flexibility index (Phi) is 4.37. The number of quaternary nitrogens is 1. The van der Waals surface area contributed by atoms with E-state index < -0.39 is 0 Å². The molecule has 5 rings (SSSR count). The molecule has 0 spiro atoms. The lowest BCUT2D eigenvalue weighted by Gasteiger charge is -2.31. The molecule has 0 aliphatic carbocycles. The zero-order valence-electron chi connectivity index (χ0n) is 15.8. The topological polar surface area (TPSA) is 50.8 Å². The summed E-state index contributed by atoms with van der Waals surface area (Å²) in [6.07, 6.45) is 0. The number of carbonyl (C=O) groups is 1. The van der Waals surface area contributed by atoms with Gasteiger partial charge in [-0.1, -0.05) is 30.3 Å². The summed E-state index contributed by atoms with van der Waals surface area (Å²) in [5, 5.41) is 2.19. The van der Waals surface area contributed by atoms with Crippen molar-refractivity contribution < 1.29 is 14.1 Å². The normalized spacial score (nSPS) is 15.5. The number of hydrogen-bond donors (Lipinski definition) is 1. The number of benzene rings is 2. The number of amides is 1. The van der Waals surface area contributed by atoms with E-state index in [2.05, 4.69) is 18.2 Å². The number of carbonyl (C=O) groups excluding carboxylic acids is 1. The maximum atomic E-state index is 13.0. The first-order chi connectivity index (χ1) is 13.7. The molecule has 0 saturated carbocycles. The Labute approximate surface area is 167 Å². The fraction of sp³-hybridized carbons (Fsp3) is 0.273. The second-order valence-electron chi connectivity index (χ2n) is 7.35. The van der Waals surface area contributed by atoms with Gasteiger partial charge in [-0.25, -0.2) is 4.98 Å². The van der Waals surface area contributed by atoms with Gasteiger partial charge >= 0.3 is 0 Å². The zero-order chi connectivity index (χ0) is 19.1. The molecule has 2 aromatic carbocycles. The van der Waals surface area contributed by atoms with E-state index in [0.717, 1.165) is 54.8 Å². The summed E-state index contributed by atoms with van der Waals surface area (Å²) in [4.78, 5) is 21.1. The highest BCUT2D eigenvalue weighted by molar-refractivity contribution is 7.18. The van der Waals surface area contributed by atoms with Crippen molar-refractivity contribution in [1.82, 2.24) is 9.88 Å². The highest BCUT2D eigenvalue weighted by Gasteiger charge is 2.28. The lowest BCUT2D eigenvalue weighted by molar-refractivity contribution is -0.917. The smallest absolute Gasteiger partial charge is 0.290 e. The van der Waals surface area contributed by atoms with E-state index in [1.165, 1.54) is 14.6 Å². The lowest BCUT2D eigenvalue weighted by Crippen LogP contribution is -3.13. The van der Waals surface area contributed by atoms with Crippen LogP contribution in [0.15, 0.2) is 52.9 Å². The molecule has 6 heteroatoms. The third-order valence-corrected chi connectivity index (χ3v) is 6.57. The maximum Gasteiger partial charge on any atom is 0.290 e. The summed E-state index contributed by atoms with van der Waals surface area (Å²) in [5.41, 5.74) is 2.80. The Balaban J connectivity index is 1.26. The van der Waals surface area contributed by atoms with E-state index in [9.17, 15) is 4.79 Å². The number of para-hydroxylation sites is 2. The predicted octanol–water partition coefficient (Wildman–Crippen LogP) is 2.89. The molecule has 0 bridgehead atoms. The number of thiazole rings is 1. The van der Waals surface area contributed by atoms with E-state index in [0.29, 0.717) is 5.76 Å². The van der Waals surface area contributed by atoms with Crippen LogP contribution in [0.1, 0.15) is 21.1 Å². The van der Waals surface area contributed by atoms with Crippen molar-refractivity contribution in [1.29, 1.82) is 0 Å². The molecule has 4 aromatic rings. The van der Waals surface area contributed by atoms with Crippen molar-refractivity contribution in [3.8, 4) is 0 Å². The summed E-state index contributed by atoms with van der Waals surface area (Å²) < 4.78 is 7.11. The van der Waals surface area contributed by atoms with Gasteiger partial charge in [0.2, 0.25) is 0 Å². The van der Waals surface area contributed by atoms with Gasteiger partial charge in [-0.3, -0.25) is 4.79 Å². The molecule has 1 saturated heterocycles. The van der Waals surface area contributed by atoms with E-state index in [1.807, 2.05) is 42.2 Å². The number of rotatable bonds is 3. The van der Waals surface area contributed by atoms with Crippen LogP contribution in [-0.4, -0.2) is 42.0 Å². The van der Waals surface area contributed by atoms with E-state index in [-0.39, 0.29) is 5.91 Å². The number of hydrogen-bond acceptors (Lipinski definition) is 4. The van der Waals surface area contributed by atoms with Crippen molar-refractivity contribution in [2.24, 2.45) is 0 Å². The van der Waals surface area contributed by atoms with Gasteiger partial charge in [-0.2, -0.15) is 0 Å². The van der Waals surface area contributed by atoms with Gasteiger partial charge < -0.3 is 14.2 Å². The molecule has 1 aliphatic heterocycles. The van der Waals surface area contributed by atoms with Crippen LogP contribution in [0.2, 0.25) is 0 Å². The van der Waals surface area contributed by atoms with Crippen molar-refractivity contribution in [2.45, 2.75) is 13.5 Å². The third kappa shape index (κ3) is 3.08. The average molecular weight is 393 g/mol. The van der Waals surface area contributed by atoms with Crippen LogP contribution >= 0.6 is 11.3 Å². The zero-order valence-corrected chi connectivity index (χ0v) is 16.6. The van der Waals surface area contributed by atoms with Gasteiger partial charge in [-0.15, -0.1) is 11.3 Å². The van der Waals surface area contributed by atoms with Crippen molar-refractivity contribution >= 4 is 38.4 Å². The predicted molar refractivity (Wildman–Crippen MR) is 111 cm³/mol. The summed E-state index contributed by atoms with van der Waals surface area (Å²) in [7, 11) is 0. The number of nitrogens with one attached hydrogen (secondary N) is 1. The quantitative estimate of drug-likeness (QED) is 0.583. The van der Waals surface area contributed by atoms with Gasteiger partial charge in [0.25, 0.3) is 5.91 Å². The Bertz CT molecular complexity index is 1120. The number of fused-ring (bicyclic) bond motifs is 2. The molecule has 0 radical (unpaired) electrons. The molecular weight excluding hydrogens is 370 g/mol. The van der Waals surface area contributed by atoms with Gasteiger partial charge in [0, 0.05) is 10.9 Å². The van der Waals surface area contributed by atoms with Gasteiger partial charge in [-0.05, 0) is 25.1 Å². The molecule has 5 nitrogen and oxygen atoms in total. The number of aryl methyl sites for hydroxylation is 1. The van der Waals surface area contributed by atoms with Crippen LogP contribution in [0.3, 0.4) is 0 Å². The number of piperazine rings is 1. The van der Waals surface area contributed by atoms with Crippen molar-refractivity contribution in [3.05, 3.63) is 64.9 Å². The minimum Gasteiger partial charge on any atom is -0.451 e. The molecule has 3 heterocycles. The van der Waals surface area contributed by atoms with Gasteiger partial charge in [0.15, 0.2) is 5.76 Å². The SMILES string of the molecule is Cc1c(C(=O)N2CC[NH+](Cc3nc4ccccc4s3)CC2)oc2ccccc12. The van der Waals surface area contributed by atoms with Crippen LogP contribution in [0.25, 0.3) is 21.2 Å². The molecule has 1 aliphatic rings. The summed E-state index contributed by atoms with van der Waals surface area (Å²) in [5.74, 6) is 0.489. The van der Waals surface area contributed by atoms with E-state index in [4.69, 9.17) is 9.40 Å². The van der Waals surface area contributed by atoms with Crippen molar-refractivity contribution in [3.63, 3.8) is 0 Å². The minimum atomic E-state index is 0.00716. The van der Waals surface area contributed by atoms with Crippen LogP contribution in [0.5, 0.6) is 0 Å².